The van der Waals surface area contributed by atoms with Gasteiger partial charge in [-0.3, -0.25) is 0 Å². The Hall–Kier alpha value is -1.16. The molecule has 1 heterocycles. The van der Waals surface area contributed by atoms with Crippen molar-refractivity contribution in [1.29, 1.82) is 0 Å². The van der Waals surface area contributed by atoms with Crippen molar-refractivity contribution in [2.75, 3.05) is 31.9 Å². The second kappa shape index (κ2) is 5.23. The summed E-state index contributed by atoms with van der Waals surface area (Å²) in [6.45, 7) is 6.96. The number of ether oxygens (including phenoxy) is 2. The van der Waals surface area contributed by atoms with Crippen LogP contribution in [0, 0.1) is 5.41 Å². The molecule has 0 N–H and O–H groups in total. The van der Waals surface area contributed by atoms with Crippen LogP contribution in [-0.2, 0) is 4.74 Å². The monoisotopic (exact) mass is 245 g/mol. The molecule has 1 fully saturated rings. The summed E-state index contributed by atoms with van der Waals surface area (Å²) in [6.07, 6.45) is 1.20. The normalized spacial score (nSPS) is 18.1. The van der Waals surface area contributed by atoms with Crippen LogP contribution in [0.4, 0.5) is 5.69 Å². The van der Waals surface area contributed by atoms with E-state index in [2.05, 4.69) is 18.7 Å². The van der Waals surface area contributed by atoms with Gasteiger partial charge >= 0.3 is 0 Å². The maximum atomic E-state index is 5.92. The summed E-state index contributed by atoms with van der Waals surface area (Å²) < 4.78 is 10.4. The van der Waals surface area contributed by atoms with Crippen molar-refractivity contribution in [3.05, 3.63) is 18.2 Å². The number of benzene rings is 1. The first-order valence-corrected chi connectivity index (χ1v) is 6.27. The molecule has 3 nitrogen and oxygen atoms in total. The van der Waals surface area contributed by atoms with E-state index in [0.717, 1.165) is 30.0 Å². The highest BCUT2D eigenvalue weighted by Crippen LogP contribution is 2.33. The summed E-state index contributed by atoms with van der Waals surface area (Å²) in [4.78, 5) is 2.36. The Morgan fingerprint density at radius 1 is 1.33 bits per heavy atom. The molecule has 0 aliphatic carbocycles. The highest BCUT2D eigenvalue weighted by molar-refractivity contribution is 6.32. The second-order valence-corrected chi connectivity index (χ2v) is 5.65. The van der Waals surface area contributed by atoms with Crippen molar-refractivity contribution in [3.63, 3.8) is 0 Å². The van der Waals surface area contributed by atoms with Crippen LogP contribution in [0.3, 0.4) is 0 Å². The van der Waals surface area contributed by atoms with E-state index in [1.807, 2.05) is 18.2 Å². The van der Waals surface area contributed by atoms with Gasteiger partial charge in [0.1, 0.15) is 13.6 Å². The van der Waals surface area contributed by atoms with Crippen LogP contribution in [0.25, 0.3) is 0 Å². The van der Waals surface area contributed by atoms with Crippen LogP contribution in [-0.4, -0.2) is 34.8 Å². The van der Waals surface area contributed by atoms with Gasteiger partial charge in [0.15, 0.2) is 6.79 Å². The summed E-state index contributed by atoms with van der Waals surface area (Å²) >= 11 is 0. The zero-order valence-electron chi connectivity index (χ0n) is 11.4. The minimum atomic E-state index is 0.244. The topological polar surface area (TPSA) is 21.7 Å². The lowest BCUT2D eigenvalue weighted by atomic mass is 9.93. The number of methoxy groups -OCH3 is 1. The molecule has 2 rings (SSSR count). The number of anilines is 1. The maximum absolute atomic E-state index is 5.92. The molecule has 0 unspecified atom stereocenters. The van der Waals surface area contributed by atoms with Gasteiger partial charge in [-0.25, -0.2) is 0 Å². The third kappa shape index (κ3) is 3.19. The molecule has 1 aliphatic rings. The number of nitrogens with zero attached hydrogens (tertiary/aromatic N) is 1. The SMILES string of the molecule is [B]c1cc(OCOC)cc(N2CCC(C)(C)C2)c1. The first-order chi connectivity index (χ1) is 8.50. The Morgan fingerprint density at radius 2 is 2.11 bits per heavy atom. The minimum Gasteiger partial charge on any atom is -0.468 e. The minimum absolute atomic E-state index is 0.244. The van der Waals surface area contributed by atoms with E-state index >= 15 is 0 Å². The third-order valence-electron chi connectivity index (χ3n) is 3.30. The predicted molar refractivity (Wildman–Crippen MR) is 74.9 cm³/mol. The van der Waals surface area contributed by atoms with Gasteiger partial charge in [-0.15, -0.1) is 0 Å². The highest BCUT2D eigenvalue weighted by Gasteiger charge is 2.29. The highest BCUT2D eigenvalue weighted by atomic mass is 16.7. The maximum Gasteiger partial charge on any atom is 0.188 e. The van der Waals surface area contributed by atoms with Crippen LogP contribution >= 0.6 is 0 Å². The predicted octanol–water partition coefficient (Wildman–Crippen LogP) is 1.70. The second-order valence-electron chi connectivity index (χ2n) is 5.65. The van der Waals surface area contributed by atoms with E-state index < -0.39 is 0 Å². The third-order valence-corrected chi connectivity index (χ3v) is 3.30. The lowest BCUT2D eigenvalue weighted by molar-refractivity contribution is 0.0512. The van der Waals surface area contributed by atoms with Gasteiger partial charge in [0.25, 0.3) is 0 Å². The van der Waals surface area contributed by atoms with Crippen LogP contribution in [0.2, 0.25) is 0 Å². The van der Waals surface area contributed by atoms with E-state index in [0.29, 0.717) is 5.41 Å². The average molecular weight is 245 g/mol. The summed E-state index contributed by atoms with van der Waals surface area (Å²) in [6, 6.07) is 5.85. The molecule has 4 heteroatoms. The fourth-order valence-corrected chi connectivity index (χ4v) is 2.33. The number of rotatable bonds is 4. The van der Waals surface area contributed by atoms with Gasteiger partial charge in [0.2, 0.25) is 0 Å². The van der Waals surface area contributed by atoms with Crippen LogP contribution < -0.4 is 15.1 Å². The van der Waals surface area contributed by atoms with Crippen LogP contribution in [0.15, 0.2) is 18.2 Å². The molecular formula is C14H20BNO2. The molecule has 0 aromatic heterocycles. The quantitative estimate of drug-likeness (QED) is 0.595. The van der Waals surface area contributed by atoms with Gasteiger partial charge in [-0.2, -0.15) is 0 Å². The first-order valence-electron chi connectivity index (χ1n) is 6.27. The van der Waals surface area contributed by atoms with E-state index in [1.54, 1.807) is 7.11 Å². The van der Waals surface area contributed by atoms with Crippen molar-refractivity contribution < 1.29 is 9.47 Å². The lowest BCUT2D eigenvalue weighted by Gasteiger charge is -2.22. The van der Waals surface area contributed by atoms with Gasteiger partial charge < -0.3 is 14.4 Å². The Bertz CT molecular complexity index is 420. The van der Waals surface area contributed by atoms with Crippen molar-refractivity contribution in [3.8, 4) is 5.75 Å². The molecule has 1 saturated heterocycles. The molecule has 0 spiro atoms. The van der Waals surface area contributed by atoms with Gasteiger partial charge in [-0.05, 0) is 24.0 Å². The summed E-state index contributed by atoms with van der Waals surface area (Å²) in [5.74, 6) is 0.761. The van der Waals surface area contributed by atoms with Gasteiger partial charge in [0, 0.05) is 32.0 Å². The first kappa shape index (κ1) is 13.3. The average Bonchev–Trinajstić information content (AvgIpc) is 2.66. The Morgan fingerprint density at radius 3 is 2.72 bits per heavy atom. The Balaban J connectivity index is 2.15. The molecule has 1 aromatic rings. The molecule has 0 atom stereocenters. The number of hydrogen-bond donors (Lipinski definition) is 0. The zero-order valence-corrected chi connectivity index (χ0v) is 11.4. The fourth-order valence-electron chi connectivity index (χ4n) is 2.33. The molecule has 0 bridgehead atoms. The van der Waals surface area contributed by atoms with Crippen molar-refractivity contribution >= 4 is 19.0 Å². The lowest BCUT2D eigenvalue weighted by Crippen LogP contribution is -2.23. The molecule has 1 aliphatic heterocycles. The van der Waals surface area contributed by atoms with Crippen molar-refractivity contribution in [2.45, 2.75) is 20.3 Å². The molecule has 2 radical (unpaired) electrons. The van der Waals surface area contributed by atoms with Crippen molar-refractivity contribution in [2.24, 2.45) is 5.41 Å². The molecule has 0 saturated carbocycles. The largest absolute Gasteiger partial charge is 0.468 e. The van der Waals surface area contributed by atoms with E-state index in [-0.39, 0.29) is 6.79 Å². The summed E-state index contributed by atoms with van der Waals surface area (Å²) in [5, 5.41) is 0. The standard InChI is InChI=1S/C14H20BNO2/c1-14(2)4-5-16(9-14)12-6-11(15)7-13(8-12)18-10-17-3/h6-8H,4-5,9-10H2,1-3H3. The zero-order chi connectivity index (χ0) is 13.2. The van der Waals surface area contributed by atoms with Crippen LogP contribution in [0.1, 0.15) is 20.3 Å². The number of hydrogen-bond acceptors (Lipinski definition) is 3. The van der Waals surface area contributed by atoms with E-state index in [9.17, 15) is 0 Å². The molecule has 1 aromatic carbocycles. The van der Waals surface area contributed by atoms with Crippen LogP contribution in [0.5, 0.6) is 5.75 Å². The molecule has 0 amide bonds. The van der Waals surface area contributed by atoms with E-state index in [1.165, 1.54) is 6.42 Å². The Labute approximate surface area is 110 Å². The van der Waals surface area contributed by atoms with E-state index in [4.69, 9.17) is 17.3 Å². The van der Waals surface area contributed by atoms with Crippen molar-refractivity contribution in [1.82, 2.24) is 0 Å². The summed E-state index contributed by atoms with van der Waals surface area (Å²) in [5.41, 5.74) is 2.23. The van der Waals surface area contributed by atoms with Gasteiger partial charge in [-0.1, -0.05) is 19.3 Å². The van der Waals surface area contributed by atoms with Gasteiger partial charge in [0.05, 0.1) is 0 Å². The molecular weight excluding hydrogens is 225 g/mol. The smallest absolute Gasteiger partial charge is 0.188 e. The molecule has 96 valence electrons. The summed E-state index contributed by atoms with van der Waals surface area (Å²) in [7, 11) is 7.53. The fraction of sp³-hybridized carbons (Fsp3) is 0.571. The Kier molecular flexibility index (Phi) is 3.86. The molecule has 18 heavy (non-hydrogen) atoms.